The average Bonchev–Trinajstić information content (AvgIpc) is 2.92. The van der Waals surface area contributed by atoms with Crippen molar-refractivity contribution in [3.8, 4) is 0 Å². The van der Waals surface area contributed by atoms with Gasteiger partial charge in [-0.15, -0.1) is 0 Å². The highest BCUT2D eigenvalue weighted by Crippen LogP contribution is 2.16. The summed E-state index contributed by atoms with van der Waals surface area (Å²) in [5.74, 6) is 0. The Morgan fingerprint density at radius 1 is 0.342 bits per heavy atom. The summed E-state index contributed by atoms with van der Waals surface area (Å²) in [5.41, 5.74) is 0. The molecule has 1 atom stereocenters. The predicted octanol–water partition coefficient (Wildman–Crippen LogP) is 13.3. The van der Waals surface area contributed by atoms with E-state index in [0.29, 0.717) is 13.0 Å². The van der Waals surface area contributed by atoms with Crippen molar-refractivity contribution in [1.29, 1.82) is 0 Å². The van der Waals surface area contributed by atoms with E-state index in [-0.39, 0.29) is 0 Å². The molecule has 1 radical (unpaired) electrons. The van der Waals surface area contributed by atoms with E-state index < -0.39 is 6.29 Å². The topological polar surface area (TPSA) is 29.1 Å². The van der Waals surface area contributed by atoms with Crippen LogP contribution < -0.4 is 0 Å². The molecule has 229 valence electrons. The Bertz CT molecular complexity index is 397. The van der Waals surface area contributed by atoms with E-state index >= 15 is 0 Å². The van der Waals surface area contributed by atoms with Crippen LogP contribution in [0.2, 0.25) is 0 Å². The van der Waals surface area contributed by atoms with Gasteiger partial charge in [0.2, 0.25) is 0 Å². The number of hydrogen-bond donors (Lipinski definition) is 0. The van der Waals surface area contributed by atoms with Crippen molar-refractivity contribution in [2.24, 2.45) is 0 Å². The minimum absolute atomic E-state index is 0.672. The average molecular weight is 538 g/mol. The molecule has 0 aromatic heterocycles. The summed E-state index contributed by atoms with van der Waals surface area (Å²) in [6.07, 6.45) is 42.6. The second-order valence-corrected chi connectivity index (χ2v) is 12.3. The Morgan fingerprint density at radius 3 is 0.868 bits per heavy atom. The molecule has 0 aliphatic rings. The minimum Gasteiger partial charge on any atom is -0.350 e. The maximum atomic E-state index is 12.0. The Hall–Kier alpha value is -0.0800. The maximum absolute atomic E-state index is 12.0. The predicted molar refractivity (Wildman–Crippen MR) is 170 cm³/mol. The number of hydrogen-bond acceptors (Lipinski definition) is 1. The molecule has 1 unspecified atom stereocenters. The standard InChI is InChI=1S/C36H73O2/c1-3-5-7-9-11-13-15-17-19-21-23-25-27-29-31-33-35-38-36(37)34-32-30-28-26-24-22-20-18-16-14-12-10-8-6-4-2/h36H,3-35H2,1-2H3. The lowest BCUT2D eigenvalue weighted by Gasteiger charge is -2.10. The van der Waals surface area contributed by atoms with E-state index in [2.05, 4.69) is 13.8 Å². The van der Waals surface area contributed by atoms with Crippen molar-refractivity contribution < 1.29 is 9.84 Å². The summed E-state index contributed by atoms with van der Waals surface area (Å²) in [6, 6.07) is 0. The van der Waals surface area contributed by atoms with Gasteiger partial charge in [-0.3, -0.25) is 0 Å². The second kappa shape index (κ2) is 34.9. The van der Waals surface area contributed by atoms with Crippen molar-refractivity contribution in [3.63, 3.8) is 0 Å². The van der Waals surface area contributed by atoms with Crippen LogP contribution in [0.4, 0.5) is 0 Å². The van der Waals surface area contributed by atoms with Crippen LogP contribution in [0.3, 0.4) is 0 Å². The van der Waals surface area contributed by atoms with Gasteiger partial charge in [-0.05, 0) is 12.8 Å². The monoisotopic (exact) mass is 538 g/mol. The second-order valence-electron chi connectivity index (χ2n) is 12.3. The van der Waals surface area contributed by atoms with Crippen LogP contribution in [0.1, 0.15) is 219 Å². The molecule has 0 aromatic rings. The molecule has 0 bridgehead atoms. The van der Waals surface area contributed by atoms with Crippen LogP contribution in [-0.2, 0) is 9.84 Å². The molecule has 2 nitrogen and oxygen atoms in total. The van der Waals surface area contributed by atoms with E-state index in [1.54, 1.807) is 0 Å². The summed E-state index contributed by atoms with van der Waals surface area (Å²) < 4.78 is 5.52. The molecular weight excluding hydrogens is 464 g/mol. The van der Waals surface area contributed by atoms with Crippen molar-refractivity contribution in [2.45, 2.75) is 226 Å². The van der Waals surface area contributed by atoms with E-state index in [4.69, 9.17) is 4.74 Å². The zero-order chi connectivity index (χ0) is 27.6. The lowest BCUT2D eigenvalue weighted by molar-refractivity contribution is -0.144. The smallest absolute Gasteiger partial charge is 0.191 e. The Balaban J connectivity index is 3.13. The van der Waals surface area contributed by atoms with Crippen LogP contribution >= 0.6 is 0 Å². The molecule has 0 amide bonds. The van der Waals surface area contributed by atoms with E-state index in [0.717, 1.165) is 12.8 Å². The molecule has 0 saturated carbocycles. The first-order valence-corrected chi connectivity index (χ1v) is 18.1. The summed E-state index contributed by atoms with van der Waals surface area (Å²) in [7, 11) is 0. The van der Waals surface area contributed by atoms with Gasteiger partial charge < -0.3 is 4.74 Å². The van der Waals surface area contributed by atoms with Gasteiger partial charge >= 0.3 is 0 Å². The van der Waals surface area contributed by atoms with E-state index in [1.165, 1.54) is 186 Å². The van der Waals surface area contributed by atoms with Gasteiger partial charge in [0.05, 0.1) is 0 Å². The van der Waals surface area contributed by atoms with Gasteiger partial charge in [0.1, 0.15) is 0 Å². The molecule has 0 aliphatic heterocycles. The third kappa shape index (κ3) is 33.9. The third-order valence-electron chi connectivity index (χ3n) is 8.35. The summed E-state index contributed by atoms with van der Waals surface area (Å²) in [6.45, 7) is 5.25. The Kier molecular flexibility index (Phi) is 34.9. The van der Waals surface area contributed by atoms with Gasteiger partial charge in [0.25, 0.3) is 0 Å². The van der Waals surface area contributed by atoms with Crippen LogP contribution in [-0.4, -0.2) is 12.9 Å². The molecule has 0 spiro atoms. The fraction of sp³-hybridized carbons (Fsp3) is 1.00. The highest BCUT2D eigenvalue weighted by molar-refractivity contribution is 4.52. The molecular formula is C36H73O2. The van der Waals surface area contributed by atoms with Crippen molar-refractivity contribution in [3.05, 3.63) is 0 Å². The maximum Gasteiger partial charge on any atom is 0.191 e. The third-order valence-corrected chi connectivity index (χ3v) is 8.35. The summed E-state index contributed by atoms with van der Waals surface area (Å²) in [4.78, 5) is 0. The molecule has 38 heavy (non-hydrogen) atoms. The Labute approximate surface area is 241 Å². The highest BCUT2D eigenvalue weighted by atomic mass is 16.6. The van der Waals surface area contributed by atoms with Crippen LogP contribution in [0.5, 0.6) is 0 Å². The van der Waals surface area contributed by atoms with Crippen molar-refractivity contribution in [1.82, 2.24) is 0 Å². The highest BCUT2D eigenvalue weighted by Gasteiger charge is 2.05. The molecule has 2 heteroatoms. The first kappa shape index (κ1) is 37.9. The quantitative estimate of drug-likeness (QED) is 0.0592. The zero-order valence-corrected chi connectivity index (χ0v) is 26.7. The fourth-order valence-electron chi connectivity index (χ4n) is 5.63. The van der Waals surface area contributed by atoms with Crippen LogP contribution in [0, 0.1) is 0 Å². The zero-order valence-electron chi connectivity index (χ0n) is 26.7. The lowest BCUT2D eigenvalue weighted by atomic mass is 10.0. The first-order valence-electron chi connectivity index (χ1n) is 18.1. The normalized spacial score (nSPS) is 12.4. The summed E-state index contributed by atoms with van der Waals surface area (Å²) in [5, 5.41) is 12.0. The molecule has 0 saturated heterocycles. The van der Waals surface area contributed by atoms with Crippen molar-refractivity contribution in [2.75, 3.05) is 6.61 Å². The van der Waals surface area contributed by atoms with E-state index in [1.807, 2.05) is 0 Å². The summed E-state index contributed by atoms with van der Waals surface area (Å²) >= 11 is 0. The minimum atomic E-state index is -0.784. The molecule has 0 aromatic carbocycles. The number of unbranched alkanes of at least 4 members (excludes halogenated alkanes) is 29. The van der Waals surface area contributed by atoms with Gasteiger partial charge in [0.15, 0.2) is 6.29 Å². The van der Waals surface area contributed by atoms with Gasteiger partial charge in [-0.1, -0.05) is 200 Å². The lowest BCUT2D eigenvalue weighted by Crippen LogP contribution is -2.11. The van der Waals surface area contributed by atoms with Gasteiger partial charge in [-0.25, -0.2) is 5.11 Å². The molecule has 0 fully saturated rings. The molecule has 0 aliphatic carbocycles. The SMILES string of the molecule is CCCCCCCCCCCCCCCCCCOC([O])CCCCCCCCCCCCCCCCC. The molecule has 0 heterocycles. The number of ether oxygens (including phenoxy) is 1. The number of rotatable bonds is 34. The Morgan fingerprint density at radius 2 is 0.579 bits per heavy atom. The van der Waals surface area contributed by atoms with Gasteiger partial charge in [-0.2, -0.15) is 0 Å². The largest absolute Gasteiger partial charge is 0.350 e. The fourth-order valence-corrected chi connectivity index (χ4v) is 5.63. The van der Waals surface area contributed by atoms with E-state index in [9.17, 15) is 5.11 Å². The first-order chi connectivity index (χ1) is 18.8. The molecule has 0 rings (SSSR count). The van der Waals surface area contributed by atoms with Crippen molar-refractivity contribution >= 4 is 0 Å². The van der Waals surface area contributed by atoms with Gasteiger partial charge in [0, 0.05) is 13.0 Å². The van der Waals surface area contributed by atoms with Crippen LogP contribution in [0.15, 0.2) is 0 Å². The van der Waals surface area contributed by atoms with Crippen LogP contribution in [0.25, 0.3) is 0 Å². The molecule has 0 N–H and O–H groups in total.